The number of hydrogen-bond acceptors (Lipinski definition) is 4. The number of thiophene rings is 1. The Labute approximate surface area is 189 Å². The molecule has 0 unspecified atom stereocenters. The molecule has 0 radical (unpaired) electrons. The number of carbonyl (C=O) groups is 2. The van der Waals surface area contributed by atoms with E-state index in [1.54, 1.807) is 29.5 Å². The maximum absolute atomic E-state index is 13.5. The molecule has 0 saturated carbocycles. The number of hydrogen-bond donors (Lipinski definition) is 1. The summed E-state index contributed by atoms with van der Waals surface area (Å²) in [5.74, 6) is -0.803. The third kappa shape index (κ3) is 4.84. The molecule has 2 heterocycles. The van der Waals surface area contributed by atoms with Crippen molar-refractivity contribution in [1.29, 1.82) is 0 Å². The lowest BCUT2D eigenvalue weighted by Crippen LogP contribution is -2.40. The molecule has 7 heteroatoms. The van der Waals surface area contributed by atoms with Gasteiger partial charge in [0.2, 0.25) is 5.91 Å². The third-order valence-corrected chi connectivity index (χ3v) is 6.01. The lowest BCUT2D eigenvalue weighted by Gasteiger charge is -2.21. The number of nitrogens with one attached hydrogen (secondary N) is 1. The maximum atomic E-state index is 13.5. The van der Waals surface area contributed by atoms with Crippen LogP contribution < -0.4 is 5.32 Å². The molecule has 0 atom stereocenters. The van der Waals surface area contributed by atoms with Gasteiger partial charge in [0, 0.05) is 22.4 Å². The Morgan fingerprint density at radius 1 is 1.06 bits per heavy atom. The van der Waals surface area contributed by atoms with Crippen molar-refractivity contribution in [1.82, 2.24) is 15.2 Å². The molecular weight excluding hydrogens is 425 g/mol. The number of pyridine rings is 1. The average molecular weight is 448 g/mol. The molecule has 2 aromatic heterocycles. The molecule has 0 fully saturated rings. The molecule has 0 bridgehead atoms. The highest BCUT2D eigenvalue weighted by atomic mass is 32.1. The Bertz CT molecular complexity index is 1240. The molecule has 2 aromatic carbocycles. The van der Waals surface area contributed by atoms with Crippen molar-refractivity contribution in [2.75, 3.05) is 13.1 Å². The molecule has 162 valence electrons. The van der Waals surface area contributed by atoms with Crippen molar-refractivity contribution in [3.63, 3.8) is 0 Å². The highest BCUT2D eigenvalue weighted by Gasteiger charge is 2.21. The molecule has 1 N–H and O–H groups in total. The van der Waals surface area contributed by atoms with Crippen LogP contribution in [0.5, 0.6) is 0 Å². The van der Waals surface area contributed by atoms with Gasteiger partial charge in [-0.3, -0.25) is 9.59 Å². The summed E-state index contributed by atoms with van der Waals surface area (Å²) in [6.07, 6.45) is 0. The maximum Gasteiger partial charge on any atom is 0.255 e. The van der Waals surface area contributed by atoms with Crippen LogP contribution in [0.4, 0.5) is 4.39 Å². The molecule has 5 nitrogen and oxygen atoms in total. The summed E-state index contributed by atoms with van der Waals surface area (Å²) < 4.78 is 13.4. The van der Waals surface area contributed by atoms with E-state index in [1.807, 2.05) is 48.7 Å². The van der Waals surface area contributed by atoms with E-state index in [1.165, 1.54) is 17.0 Å². The SMILES string of the molecule is CCN(CC(=O)NCc1cccs1)C(=O)c1cc(-c2ccc(F)cc2)nc2ccccc12. The smallest absolute Gasteiger partial charge is 0.255 e. The standard InChI is InChI=1S/C25H22FN3O2S/c1-2-29(16-24(30)27-15-19-6-5-13-32-19)25(31)21-14-23(17-9-11-18(26)12-10-17)28-22-8-4-3-7-20(21)22/h3-14H,2,15-16H2,1H3,(H,27,30). The Balaban J connectivity index is 1.61. The minimum absolute atomic E-state index is 0.0385. The lowest BCUT2D eigenvalue weighted by atomic mass is 10.0. The first-order valence-electron chi connectivity index (χ1n) is 10.3. The van der Waals surface area contributed by atoms with E-state index in [-0.39, 0.29) is 24.2 Å². The molecule has 4 aromatic rings. The largest absolute Gasteiger partial charge is 0.350 e. The molecule has 0 aliphatic rings. The highest BCUT2D eigenvalue weighted by molar-refractivity contribution is 7.09. The lowest BCUT2D eigenvalue weighted by molar-refractivity contribution is -0.121. The number of rotatable bonds is 7. The molecule has 0 spiro atoms. The van der Waals surface area contributed by atoms with Gasteiger partial charge in [-0.2, -0.15) is 0 Å². The summed E-state index contributed by atoms with van der Waals surface area (Å²) in [4.78, 5) is 33.2. The number of para-hydroxylation sites is 1. The van der Waals surface area contributed by atoms with Gasteiger partial charge in [-0.15, -0.1) is 11.3 Å². The molecule has 0 saturated heterocycles. The van der Waals surface area contributed by atoms with Crippen molar-refractivity contribution in [2.24, 2.45) is 0 Å². The predicted octanol–water partition coefficient (Wildman–Crippen LogP) is 4.88. The van der Waals surface area contributed by atoms with Gasteiger partial charge in [0.1, 0.15) is 5.82 Å². The van der Waals surface area contributed by atoms with E-state index in [0.29, 0.717) is 40.8 Å². The second kappa shape index (κ2) is 9.70. The van der Waals surface area contributed by atoms with Gasteiger partial charge in [0.15, 0.2) is 0 Å². The topological polar surface area (TPSA) is 62.3 Å². The molecular formula is C25H22FN3O2S. The Hall–Kier alpha value is -3.58. The Morgan fingerprint density at radius 2 is 1.84 bits per heavy atom. The van der Waals surface area contributed by atoms with Crippen molar-refractivity contribution in [3.8, 4) is 11.3 Å². The van der Waals surface area contributed by atoms with Gasteiger partial charge in [-0.05, 0) is 54.8 Å². The fourth-order valence-electron chi connectivity index (χ4n) is 3.45. The predicted molar refractivity (Wildman–Crippen MR) is 125 cm³/mol. The van der Waals surface area contributed by atoms with Gasteiger partial charge < -0.3 is 10.2 Å². The van der Waals surface area contributed by atoms with E-state index in [2.05, 4.69) is 10.3 Å². The van der Waals surface area contributed by atoms with Crippen LogP contribution in [0, 0.1) is 5.82 Å². The zero-order valence-electron chi connectivity index (χ0n) is 17.5. The first kappa shape index (κ1) is 21.6. The number of benzene rings is 2. The van der Waals surface area contributed by atoms with Gasteiger partial charge in [0.05, 0.1) is 29.9 Å². The van der Waals surface area contributed by atoms with Crippen LogP contribution in [0.25, 0.3) is 22.2 Å². The normalized spacial score (nSPS) is 10.8. The Kier molecular flexibility index (Phi) is 6.56. The van der Waals surface area contributed by atoms with Crippen LogP contribution in [0.1, 0.15) is 22.2 Å². The zero-order valence-corrected chi connectivity index (χ0v) is 18.4. The zero-order chi connectivity index (χ0) is 22.5. The molecule has 2 amide bonds. The van der Waals surface area contributed by atoms with Crippen LogP contribution >= 0.6 is 11.3 Å². The van der Waals surface area contributed by atoms with Crippen molar-refractivity contribution < 1.29 is 14.0 Å². The molecule has 32 heavy (non-hydrogen) atoms. The second-order valence-corrected chi connectivity index (χ2v) is 8.29. The number of fused-ring (bicyclic) bond motifs is 1. The van der Waals surface area contributed by atoms with E-state index < -0.39 is 0 Å². The Morgan fingerprint density at radius 3 is 2.56 bits per heavy atom. The second-order valence-electron chi connectivity index (χ2n) is 7.25. The summed E-state index contributed by atoms with van der Waals surface area (Å²) in [7, 11) is 0. The van der Waals surface area contributed by atoms with Gasteiger partial charge in [-0.25, -0.2) is 9.37 Å². The highest BCUT2D eigenvalue weighted by Crippen LogP contribution is 2.26. The molecule has 4 rings (SSSR count). The van der Waals surface area contributed by atoms with Gasteiger partial charge in [-0.1, -0.05) is 24.3 Å². The summed E-state index contributed by atoms with van der Waals surface area (Å²) in [5, 5.41) is 5.53. The van der Waals surface area contributed by atoms with E-state index in [9.17, 15) is 14.0 Å². The van der Waals surface area contributed by atoms with E-state index >= 15 is 0 Å². The van der Waals surface area contributed by atoms with Crippen LogP contribution in [0.3, 0.4) is 0 Å². The first-order chi connectivity index (χ1) is 15.5. The number of halogens is 1. The number of likely N-dealkylation sites (N-methyl/N-ethyl adjacent to an activating group) is 1. The molecule has 0 aliphatic heterocycles. The minimum Gasteiger partial charge on any atom is -0.350 e. The van der Waals surface area contributed by atoms with Crippen molar-refractivity contribution in [3.05, 3.63) is 88.4 Å². The van der Waals surface area contributed by atoms with E-state index in [0.717, 1.165) is 4.88 Å². The average Bonchev–Trinajstić information content (AvgIpc) is 3.34. The van der Waals surface area contributed by atoms with Crippen LogP contribution in [0.2, 0.25) is 0 Å². The number of carbonyl (C=O) groups excluding carboxylic acids is 2. The van der Waals surface area contributed by atoms with Crippen LogP contribution in [-0.2, 0) is 11.3 Å². The number of aromatic nitrogens is 1. The van der Waals surface area contributed by atoms with Crippen molar-refractivity contribution in [2.45, 2.75) is 13.5 Å². The fourth-order valence-corrected chi connectivity index (χ4v) is 4.09. The molecule has 0 aliphatic carbocycles. The summed E-state index contributed by atoms with van der Waals surface area (Å²) in [5.41, 5.74) is 2.41. The quantitative estimate of drug-likeness (QED) is 0.439. The number of amides is 2. The summed E-state index contributed by atoms with van der Waals surface area (Å²) in [6.45, 7) is 2.63. The fraction of sp³-hybridized carbons (Fsp3) is 0.160. The van der Waals surface area contributed by atoms with Crippen molar-refractivity contribution >= 4 is 34.1 Å². The van der Waals surface area contributed by atoms with Crippen LogP contribution in [-0.4, -0.2) is 34.8 Å². The van der Waals surface area contributed by atoms with E-state index in [4.69, 9.17) is 0 Å². The first-order valence-corrected chi connectivity index (χ1v) is 11.2. The minimum atomic E-state index is -0.337. The third-order valence-electron chi connectivity index (χ3n) is 5.13. The summed E-state index contributed by atoms with van der Waals surface area (Å²) >= 11 is 1.57. The van der Waals surface area contributed by atoms with Gasteiger partial charge in [0.25, 0.3) is 5.91 Å². The summed E-state index contributed by atoms with van der Waals surface area (Å²) in [6, 6.07) is 19.0. The monoisotopic (exact) mass is 447 g/mol. The van der Waals surface area contributed by atoms with Crippen LogP contribution in [0.15, 0.2) is 72.1 Å². The number of nitrogens with zero attached hydrogens (tertiary/aromatic N) is 2. The van der Waals surface area contributed by atoms with Gasteiger partial charge >= 0.3 is 0 Å².